The monoisotopic (exact) mass is 395 g/mol. The molecule has 0 unspecified atom stereocenters. The minimum absolute atomic E-state index is 0.0944. The smallest absolute Gasteiger partial charge is 0.242 e. The molecule has 0 saturated carbocycles. The fourth-order valence-electron chi connectivity index (χ4n) is 2.77. The topological polar surface area (TPSA) is 94.3 Å². The molecule has 3 aromatic carbocycles. The van der Waals surface area contributed by atoms with E-state index in [9.17, 15) is 8.42 Å². The van der Waals surface area contributed by atoms with Crippen LogP contribution in [0.25, 0.3) is 22.2 Å². The Kier molecular flexibility index (Phi) is 4.81. The summed E-state index contributed by atoms with van der Waals surface area (Å²) >= 11 is 0. The first kappa shape index (κ1) is 18.1. The number of fused-ring (bicyclic) bond motifs is 1. The fourth-order valence-corrected chi connectivity index (χ4v) is 3.78. The molecule has 0 spiro atoms. The molecule has 1 N–H and O–H groups in total. The maximum Gasteiger partial charge on any atom is 0.242 e. The number of methoxy groups -OCH3 is 1. The minimum Gasteiger partial charge on any atom is -0.497 e. The summed E-state index contributed by atoms with van der Waals surface area (Å²) in [5, 5.41) is 5.57. The van der Waals surface area contributed by atoms with Crippen molar-refractivity contribution in [3.8, 4) is 17.1 Å². The molecular formula is C20H17N3O4S. The van der Waals surface area contributed by atoms with Crippen molar-refractivity contribution in [3.63, 3.8) is 0 Å². The van der Waals surface area contributed by atoms with E-state index < -0.39 is 10.0 Å². The Balaban J connectivity index is 1.51. The molecular weight excluding hydrogens is 378 g/mol. The first-order valence-electron chi connectivity index (χ1n) is 8.51. The van der Waals surface area contributed by atoms with Crippen molar-refractivity contribution < 1.29 is 17.7 Å². The van der Waals surface area contributed by atoms with E-state index in [1.165, 1.54) is 0 Å². The molecule has 1 aromatic heterocycles. The van der Waals surface area contributed by atoms with Gasteiger partial charge in [-0.25, -0.2) is 13.1 Å². The molecule has 0 saturated heterocycles. The molecule has 7 nitrogen and oxygen atoms in total. The van der Waals surface area contributed by atoms with Crippen molar-refractivity contribution in [2.75, 3.05) is 7.11 Å². The van der Waals surface area contributed by atoms with Crippen LogP contribution in [0.15, 0.2) is 76.1 Å². The average Bonchev–Trinajstić information content (AvgIpc) is 3.21. The molecule has 0 aliphatic rings. The Morgan fingerprint density at radius 2 is 1.75 bits per heavy atom. The Hall–Kier alpha value is -3.23. The van der Waals surface area contributed by atoms with Crippen molar-refractivity contribution in [2.24, 2.45) is 0 Å². The van der Waals surface area contributed by atoms with Gasteiger partial charge < -0.3 is 9.26 Å². The number of aromatic nitrogens is 2. The highest BCUT2D eigenvalue weighted by Crippen LogP contribution is 2.23. The van der Waals surface area contributed by atoms with Crippen LogP contribution in [0.1, 0.15) is 5.89 Å². The number of benzene rings is 3. The van der Waals surface area contributed by atoms with Crippen molar-refractivity contribution in [1.29, 1.82) is 0 Å². The first-order valence-corrected chi connectivity index (χ1v) is 9.99. The molecule has 0 aliphatic carbocycles. The normalized spacial score (nSPS) is 11.6. The zero-order valence-electron chi connectivity index (χ0n) is 15.0. The van der Waals surface area contributed by atoms with Gasteiger partial charge in [0, 0.05) is 5.56 Å². The van der Waals surface area contributed by atoms with Crippen LogP contribution in [0.3, 0.4) is 0 Å². The Bertz CT molecular complexity index is 1220. The number of rotatable bonds is 6. The van der Waals surface area contributed by atoms with Crippen LogP contribution in [0.5, 0.6) is 5.75 Å². The van der Waals surface area contributed by atoms with E-state index in [-0.39, 0.29) is 17.3 Å². The highest BCUT2D eigenvalue weighted by molar-refractivity contribution is 7.89. The lowest BCUT2D eigenvalue weighted by Crippen LogP contribution is -2.23. The van der Waals surface area contributed by atoms with Gasteiger partial charge in [0.2, 0.25) is 21.7 Å². The van der Waals surface area contributed by atoms with E-state index in [1.54, 1.807) is 31.4 Å². The molecule has 0 amide bonds. The second-order valence-corrected chi connectivity index (χ2v) is 7.84. The van der Waals surface area contributed by atoms with Gasteiger partial charge in [-0.1, -0.05) is 47.6 Å². The summed E-state index contributed by atoms with van der Waals surface area (Å²) < 4.78 is 38.1. The summed E-state index contributed by atoms with van der Waals surface area (Å²) in [6.07, 6.45) is 0. The molecule has 142 valence electrons. The maximum atomic E-state index is 12.6. The second-order valence-electron chi connectivity index (χ2n) is 6.08. The van der Waals surface area contributed by atoms with Gasteiger partial charge in [-0.2, -0.15) is 4.98 Å². The highest BCUT2D eigenvalue weighted by Gasteiger charge is 2.17. The summed E-state index contributed by atoms with van der Waals surface area (Å²) in [6, 6.07) is 19.7. The molecule has 8 heteroatoms. The number of nitrogens with one attached hydrogen (secondary N) is 1. The standard InChI is InChI=1S/C20H17N3O4S/c1-26-17-9-7-16-12-18(10-8-15(16)11-17)28(24,25)21-13-19-22-20(23-27-19)14-5-3-2-4-6-14/h2-12,21H,13H2,1H3. The van der Waals surface area contributed by atoms with Gasteiger partial charge in [-0.05, 0) is 35.0 Å². The number of sulfonamides is 1. The van der Waals surface area contributed by atoms with E-state index in [2.05, 4.69) is 14.9 Å². The number of nitrogens with zero attached hydrogens (tertiary/aromatic N) is 2. The van der Waals surface area contributed by atoms with Crippen LogP contribution >= 0.6 is 0 Å². The van der Waals surface area contributed by atoms with Crippen LogP contribution in [-0.4, -0.2) is 25.7 Å². The van der Waals surface area contributed by atoms with Gasteiger partial charge in [0.25, 0.3) is 0 Å². The molecule has 4 rings (SSSR count). The van der Waals surface area contributed by atoms with Crippen LogP contribution < -0.4 is 9.46 Å². The van der Waals surface area contributed by atoms with Gasteiger partial charge >= 0.3 is 0 Å². The number of hydrogen-bond donors (Lipinski definition) is 1. The predicted molar refractivity (Wildman–Crippen MR) is 104 cm³/mol. The molecule has 0 radical (unpaired) electrons. The summed E-state index contributed by atoms with van der Waals surface area (Å²) in [7, 11) is -2.14. The minimum atomic E-state index is -3.73. The summed E-state index contributed by atoms with van der Waals surface area (Å²) in [5.41, 5.74) is 0.797. The second kappa shape index (κ2) is 7.41. The third kappa shape index (κ3) is 3.73. The largest absolute Gasteiger partial charge is 0.497 e. The van der Waals surface area contributed by atoms with Crippen molar-refractivity contribution >= 4 is 20.8 Å². The third-order valence-corrected chi connectivity index (χ3v) is 5.64. The van der Waals surface area contributed by atoms with Crippen molar-refractivity contribution in [3.05, 3.63) is 72.6 Å². The van der Waals surface area contributed by atoms with Crippen LogP contribution in [0, 0.1) is 0 Å². The van der Waals surface area contributed by atoms with Crippen molar-refractivity contribution in [1.82, 2.24) is 14.9 Å². The van der Waals surface area contributed by atoms with Crippen molar-refractivity contribution in [2.45, 2.75) is 11.4 Å². The van der Waals surface area contributed by atoms with Gasteiger partial charge in [0.1, 0.15) is 5.75 Å². The van der Waals surface area contributed by atoms with Crippen LogP contribution in [0.2, 0.25) is 0 Å². The van der Waals surface area contributed by atoms with E-state index in [0.717, 1.165) is 16.3 Å². The molecule has 0 bridgehead atoms. The summed E-state index contributed by atoms with van der Waals surface area (Å²) in [4.78, 5) is 4.39. The van der Waals surface area contributed by atoms with E-state index in [1.807, 2.05) is 42.5 Å². The summed E-state index contributed by atoms with van der Waals surface area (Å²) in [6.45, 7) is -0.0944. The molecule has 0 atom stereocenters. The van der Waals surface area contributed by atoms with E-state index in [4.69, 9.17) is 9.26 Å². The lowest BCUT2D eigenvalue weighted by Gasteiger charge is -2.07. The van der Waals surface area contributed by atoms with Gasteiger partial charge in [0.05, 0.1) is 18.6 Å². The fraction of sp³-hybridized carbons (Fsp3) is 0.100. The van der Waals surface area contributed by atoms with Gasteiger partial charge in [-0.15, -0.1) is 0 Å². The lowest BCUT2D eigenvalue weighted by molar-refractivity contribution is 0.376. The lowest BCUT2D eigenvalue weighted by atomic mass is 10.1. The molecule has 1 heterocycles. The first-order chi connectivity index (χ1) is 13.5. The Morgan fingerprint density at radius 3 is 2.54 bits per heavy atom. The van der Waals surface area contributed by atoms with Crippen LogP contribution in [-0.2, 0) is 16.6 Å². The number of ether oxygens (including phenoxy) is 1. The van der Waals surface area contributed by atoms with Gasteiger partial charge in [0.15, 0.2) is 0 Å². The SMILES string of the molecule is COc1ccc2cc(S(=O)(=O)NCc3nc(-c4ccccc4)no3)ccc2c1. The van der Waals surface area contributed by atoms with Crippen LogP contribution in [0.4, 0.5) is 0 Å². The number of hydrogen-bond acceptors (Lipinski definition) is 6. The summed E-state index contributed by atoms with van der Waals surface area (Å²) in [5.74, 6) is 1.31. The Labute approximate surface area is 162 Å². The molecule has 0 fully saturated rings. The predicted octanol–water partition coefficient (Wildman–Crippen LogP) is 3.38. The van der Waals surface area contributed by atoms with Gasteiger partial charge in [-0.3, -0.25) is 0 Å². The zero-order chi connectivity index (χ0) is 19.6. The molecule has 4 aromatic rings. The molecule has 28 heavy (non-hydrogen) atoms. The Morgan fingerprint density at radius 1 is 1.00 bits per heavy atom. The van der Waals surface area contributed by atoms with E-state index >= 15 is 0 Å². The maximum absolute atomic E-state index is 12.6. The highest BCUT2D eigenvalue weighted by atomic mass is 32.2. The van der Waals surface area contributed by atoms with E-state index in [0.29, 0.717) is 11.6 Å². The third-order valence-electron chi connectivity index (χ3n) is 4.24. The zero-order valence-corrected chi connectivity index (χ0v) is 15.8. The quantitative estimate of drug-likeness (QED) is 0.538. The average molecular weight is 395 g/mol. The molecule has 0 aliphatic heterocycles.